The number of hydrogen-bond donors (Lipinski definition) is 0. The summed E-state index contributed by atoms with van der Waals surface area (Å²) in [5.74, 6) is 0.881. The predicted octanol–water partition coefficient (Wildman–Crippen LogP) is 3.77. The summed E-state index contributed by atoms with van der Waals surface area (Å²) >= 11 is 0. The van der Waals surface area contributed by atoms with E-state index in [9.17, 15) is 0 Å². The van der Waals surface area contributed by atoms with Crippen molar-refractivity contribution >= 4 is 0 Å². The normalized spacial score (nSPS) is 65.2. The van der Waals surface area contributed by atoms with E-state index in [1.54, 1.807) is 0 Å². The van der Waals surface area contributed by atoms with Gasteiger partial charge in [0.25, 0.3) is 0 Å². The van der Waals surface area contributed by atoms with Crippen LogP contribution in [0.4, 0.5) is 0 Å². The fraction of sp³-hybridized carbons (Fsp3) is 1.00. The molecule has 0 bridgehead atoms. The lowest BCUT2D eigenvalue weighted by atomic mass is 9.57. The molecule has 16 heavy (non-hydrogen) atoms. The number of rotatable bonds is 0. The smallest absolute Gasteiger partial charge is 0.0990 e. The first kappa shape index (κ1) is 9.94. The van der Waals surface area contributed by atoms with E-state index in [2.05, 4.69) is 27.7 Å². The molecule has 90 valence electrons. The first-order valence-electron chi connectivity index (χ1n) is 7.10. The van der Waals surface area contributed by atoms with Crippen LogP contribution in [-0.2, 0) is 4.74 Å². The molecule has 1 heteroatoms. The maximum absolute atomic E-state index is 6.24. The van der Waals surface area contributed by atoms with Crippen LogP contribution in [0.25, 0.3) is 0 Å². The summed E-state index contributed by atoms with van der Waals surface area (Å²) in [7, 11) is 0. The summed E-state index contributed by atoms with van der Waals surface area (Å²) in [6.07, 6.45) is 7.82. The van der Waals surface area contributed by atoms with Gasteiger partial charge in [-0.1, -0.05) is 27.2 Å². The van der Waals surface area contributed by atoms with E-state index in [1.165, 1.54) is 32.1 Å². The van der Waals surface area contributed by atoms with Crippen molar-refractivity contribution in [1.29, 1.82) is 0 Å². The quantitative estimate of drug-likeness (QED) is 0.566. The molecule has 0 N–H and O–H groups in total. The minimum Gasteiger partial charge on any atom is -0.365 e. The highest BCUT2D eigenvalue weighted by Crippen LogP contribution is 2.87. The van der Waals surface area contributed by atoms with Crippen LogP contribution in [0.5, 0.6) is 0 Å². The molecule has 1 saturated heterocycles. The molecule has 1 heterocycles. The van der Waals surface area contributed by atoms with Crippen molar-refractivity contribution in [2.75, 3.05) is 0 Å². The SMILES string of the molecule is CC1CCC23CCCC12C1(C)OC1C3(C)C. The van der Waals surface area contributed by atoms with Gasteiger partial charge in [-0.15, -0.1) is 0 Å². The second-order valence-corrected chi connectivity index (χ2v) is 7.67. The lowest BCUT2D eigenvalue weighted by molar-refractivity contribution is -0.0779. The molecule has 4 aliphatic rings. The van der Waals surface area contributed by atoms with Gasteiger partial charge in [0.2, 0.25) is 0 Å². The Bertz CT molecular complexity index is 374. The minimum absolute atomic E-state index is 0.239. The summed E-state index contributed by atoms with van der Waals surface area (Å²) in [5.41, 5.74) is 1.82. The van der Waals surface area contributed by atoms with Crippen LogP contribution >= 0.6 is 0 Å². The van der Waals surface area contributed by atoms with E-state index in [-0.39, 0.29) is 5.60 Å². The van der Waals surface area contributed by atoms with E-state index < -0.39 is 0 Å². The van der Waals surface area contributed by atoms with Gasteiger partial charge >= 0.3 is 0 Å². The number of ether oxygens (including phenoxy) is 1. The summed E-state index contributed by atoms with van der Waals surface area (Å²) in [4.78, 5) is 0. The molecule has 0 aromatic rings. The number of epoxide rings is 1. The zero-order valence-corrected chi connectivity index (χ0v) is 11.1. The number of fused-ring (bicyclic) bond motifs is 1. The fourth-order valence-corrected chi connectivity index (χ4v) is 6.98. The van der Waals surface area contributed by atoms with Gasteiger partial charge in [0, 0.05) is 10.8 Å². The molecule has 1 nitrogen and oxygen atoms in total. The molecule has 5 atom stereocenters. The van der Waals surface area contributed by atoms with Crippen LogP contribution in [0.3, 0.4) is 0 Å². The zero-order valence-electron chi connectivity index (χ0n) is 11.1. The van der Waals surface area contributed by atoms with Crippen molar-refractivity contribution in [2.45, 2.75) is 71.5 Å². The first-order chi connectivity index (χ1) is 7.42. The molecule has 4 rings (SSSR count). The van der Waals surface area contributed by atoms with Crippen molar-refractivity contribution in [3.05, 3.63) is 0 Å². The van der Waals surface area contributed by atoms with E-state index >= 15 is 0 Å². The Hall–Kier alpha value is -0.0400. The molecule has 1 aliphatic heterocycles. The van der Waals surface area contributed by atoms with Crippen LogP contribution in [0.1, 0.15) is 59.8 Å². The highest BCUT2D eigenvalue weighted by molar-refractivity contribution is 5.36. The van der Waals surface area contributed by atoms with E-state index in [0.717, 1.165) is 5.92 Å². The molecule has 0 amide bonds. The summed E-state index contributed by atoms with van der Waals surface area (Å²) < 4.78 is 6.24. The third-order valence-corrected chi connectivity index (χ3v) is 7.45. The maximum atomic E-state index is 6.24. The summed E-state index contributed by atoms with van der Waals surface area (Å²) in [6.45, 7) is 9.91. The van der Waals surface area contributed by atoms with Crippen LogP contribution in [-0.4, -0.2) is 11.7 Å². The molecular weight excluding hydrogens is 196 g/mol. The maximum Gasteiger partial charge on any atom is 0.0990 e. The first-order valence-corrected chi connectivity index (χ1v) is 7.10. The molecule has 0 spiro atoms. The largest absolute Gasteiger partial charge is 0.365 e. The van der Waals surface area contributed by atoms with Crippen LogP contribution in [0.15, 0.2) is 0 Å². The lowest BCUT2D eigenvalue weighted by Crippen LogP contribution is -2.47. The highest BCUT2D eigenvalue weighted by Gasteiger charge is 2.88. The van der Waals surface area contributed by atoms with Gasteiger partial charge in [0.1, 0.15) is 0 Å². The van der Waals surface area contributed by atoms with E-state index in [1.807, 2.05) is 0 Å². The number of hydrogen-bond acceptors (Lipinski definition) is 1. The second kappa shape index (κ2) is 2.25. The molecular formula is C15H24O. The Morgan fingerprint density at radius 2 is 1.81 bits per heavy atom. The summed E-state index contributed by atoms with van der Waals surface area (Å²) in [5, 5.41) is 0. The Labute approximate surface area is 98.9 Å². The van der Waals surface area contributed by atoms with Gasteiger partial charge in [0.05, 0.1) is 11.7 Å². The van der Waals surface area contributed by atoms with Gasteiger partial charge in [-0.25, -0.2) is 0 Å². The Kier molecular flexibility index (Phi) is 1.40. The fourth-order valence-electron chi connectivity index (χ4n) is 6.98. The van der Waals surface area contributed by atoms with Gasteiger partial charge in [-0.05, 0) is 43.9 Å². The topological polar surface area (TPSA) is 12.5 Å². The molecule has 0 aromatic carbocycles. The van der Waals surface area contributed by atoms with E-state index in [0.29, 0.717) is 22.3 Å². The molecule has 0 radical (unpaired) electrons. The average Bonchev–Trinajstić information content (AvgIpc) is 2.62. The zero-order chi connectivity index (χ0) is 11.4. The molecule has 3 saturated carbocycles. The minimum atomic E-state index is 0.239. The monoisotopic (exact) mass is 220 g/mol. The molecule has 0 aromatic heterocycles. The van der Waals surface area contributed by atoms with Gasteiger partial charge in [-0.2, -0.15) is 0 Å². The van der Waals surface area contributed by atoms with Crippen molar-refractivity contribution in [1.82, 2.24) is 0 Å². The average molecular weight is 220 g/mol. The predicted molar refractivity (Wildman–Crippen MR) is 64.2 cm³/mol. The molecule has 4 fully saturated rings. The van der Waals surface area contributed by atoms with Crippen LogP contribution < -0.4 is 0 Å². The van der Waals surface area contributed by atoms with Crippen LogP contribution in [0, 0.1) is 22.2 Å². The van der Waals surface area contributed by atoms with Gasteiger partial charge in [-0.3, -0.25) is 0 Å². The van der Waals surface area contributed by atoms with Crippen molar-refractivity contribution < 1.29 is 4.74 Å². The van der Waals surface area contributed by atoms with Crippen LogP contribution in [0.2, 0.25) is 0 Å². The Morgan fingerprint density at radius 1 is 1.06 bits per heavy atom. The second-order valence-electron chi connectivity index (χ2n) is 7.67. The lowest BCUT2D eigenvalue weighted by Gasteiger charge is -2.49. The summed E-state index contributed by atoms with van der Waals surface area (Å²) in [6, 6.07) is 0. The van der Waals surface area contributed by atoms with Gasteiger partial charge in [0.15, 0.2) is 0 Å². The van der Waals surface area contributed by atoms with E-state index in [4.69, 9.17) is 4.74 Å². The third kappa shape index (κ3) is 0.611. The standard InChI is InChI=1S/C15H24O/c1-10-6-9-14-7-5-8-15(10,14)13(4)11(16-13)12(14,2)3/h10-11H,5-9H2,1-4H3. The van der Waals surface area contributed by atoms with Gasteiger partial charge < -0.3 is 4.74 Å². The molecule has 5 unspecified atom stereocenters. The Balaban J connectivity index is 1.99. The van der Waals surface area contributed by atoms with Crippen molar-refractivity contribution in [3.63, 3.8) is 0 Å². The highest BCUT2D eigenvalue weighted by atomic mass is 16.6. The molecule has 3 aliphatic carbocycles. The third-order valence-electron chi connectivity index (χ3n) is 7.45. The van der Waals surface area contributed by atoms with Crippen molar-refractivity contribution in [2.24, 2.45) is 22.2 Å². The Morgan fingerprint density at radius 3 is 2.50 bits per heavy atom. The van der Waals surface area contributed by atoms with Crippen molar-refractivity contribution in [3.8, 4) is 0 Å².